The number of hydrogen-bond acceptors (Lipinski definition) is 8. The molecule has 1 aliphatic rings. The van der Waals surface area contributed by atoms with Crippen LogP contribution in [0.2, 0.25) is 0 Å². The molecule has 0 saturated carbocycles. The van der Waals surface area contributed by atoms with E-state index in [1.807, 2.05) is 0 Å². The average molecular weight is 337 g/mol. The fourth-order valence-electron chi connectivity index (χ4n) is 2.73. The molecule has 0 bridgehead atoms. The number of aliphatic hydroxyl groups excluding tert-OH is 2. The SMILES string of the molecule is Nc1nc2c(ncn2[C@@]2(C=CC(=O)O)C[C@H](O)[C@@H](CO)O2)c(=O)[nH]1. The zero-order valence-electron chi connectivity index (χ0n) is 12.3. The van der Waals surface area contributed by atoms with Crippen LogP contribution in [0.4, 0.5) is 5.95 Å². The van der Waals surface area contributed by atoms with Crippen molar-refractivity contribution < 1.29 is 24.9 Å². The van der Waals surface area contributed by atoms with Crippen molar-refractivity contribution >= 4 is 23.1 Å². The van der Waals surface area contributed by atoms with Gasteiger partial charge in [0.15, 0.2) is 16.9 Å². The van der Waals surface area contributed by atoms with Crippen molar-refractivity contribution in [2.45, 2.75) is 24.4 Å². The van der Waals surface area contributed by atoms with Gasteiger partial charge in [-0.15, -0.1) is 0 Å². The highest BCUT2D eigenvalue weighted by atomic mass is 16.6. The van der Waals surface area contributed by atoms with E-state index in [1.54, 1.807) is 0 Å². The van der Waals surface area contributed by atoms with E-state index in [0.29, 0.717) is 0 Å². The molecule has 2 aromatic rings. The zero-order valence-corrected chi connectivity index (χ0v) is 12.3. The molecule has 0 aliphatic carbocycles. The van der Waals surface area contributed by atoms with Gasteiger partial charge < -0.3 is 25.8 Å². The number of aromatic amines is 1. The van der Waals surface area contributed by atoms with Crippen LogP contribution in [0.3, 0.4) is 0 Å². The Balaban J connectivity index is 2.20. The zero-order chi connectivity index (χ0) is 17.5. The van der Waals surface area contributed by atoms with Crippen LogP contribution in [0.1, 0.15) is 6.42 Å². The number of imidazole rings is 1. The molecular weight excluding hydrogens is 322 g/mol. The van der Waals surface area contributed by atoms with Gasteiger partial charge >= 0.3 is 5.97 Å². The summed E-state index contributed by atoms with van der Waals surface area (Å²) in [4.78, 5) is 33.0. The Labute approximate surface area is 134 Å². The summed E-state index contributed by atoms with van der Waals surface area (Å²) in [5.41, 5.74) is 3.56. The van der Waals surface area contributed by atoms with Crippen molar-refractivity contribution in [3.05, 3.63) is 28.8 Å². The summed E-state index contributed by atoms with van der Waals surface area (Å²) >= 11 is 0. The molecule has 11 heteroatoms. The third kappa shape index (κ3) is 2.54. The molecule has 2 aromatic heterocycles. The molecular formula is C13H15N5O6. The molecule has 24 heavy (non-hydrogen) atoms. The number of aliphatic carboxylic acids is 1. The maximum atomic E-state index is 11.9. The number of fused-ring (bicyclic) bond motifs is 1. The van der Waals surface area contributed by atoms with Gasteiger partial charge in [-0.1, -0.05) is 0 Å². The van der Waals surface area contributed by atoms with Crippen LogP contribution in [0.5, 0.6) is 0 Å². The molecule has 1 saturated heterocycles. The van der Waals surface area contributed by atoms with E-state index in [4.69, 9.17) is 15.6 Å². The van der Waals surface area contributed by atoms with E-state index >= 15 is 0 Å². The summed E-state index contributed by atoms with van der Waals surface area (Å²) in [5, 5.41) is 28.3. The highest BCUT2D eigenvalue weighted by molar-refractivity contribution is 5.80. The maximum absolute atomic E-state index is 11.9. The molecule has 1 fully saturated rings. The molecule has 0 unspecified atom stereocenters. The number of ether oxygens (including phenoxy) is 1. The number of carboxylic acid groups (broad SMARTS) is 1. The molecule has 3 heterocycles. The third-order valence-electron chi connectivity index (χ3n) is 3.79. The fourth-order valence-corrected chi connectivity index (χ4v) is 2.73. The average Bonchev–Trinajstić information content (AvgIpc) is 3.07. The normalized spacial score (nSPS) is 27.2. The van der Waals surface area contributed by atoms with Crippen LogP contribution in [-0.4, -0.2) is 59.6 Å². The minimum Gasteiger partial charge on any atom is -0.478 e. The Bertz CT molecular complexity index is 873. The van der Waals surface area contributed by atoms with Crippen LogP contribution in [0.25, 0.3) is 11.2 Å². The molecule has 0 radical (unpaired) electrons. The van der Waals surface area contributed by atoms with Crippen molar-refractivity contribution in [2.75, 3.05) is 12.3 Å². The molecule has 3 rings (SSSR count). The van der Waals surface area contributed by atoms with E-state index in [0.717, 1.165) is 6.08 Å². The third-order valence-corrected chi connectivity index (χ3v) is 3.79. The number of carbonyl (C=O) groups is 1. The molecule has 0 amide bonds. The lowest BCUT2D eigenvalue weighted by atomic mass is 10.1. The Morgan fingerprint density at radius 3 is 3.00 bits per heavy atom. The lowest BCUT2D eigenvalue weighted by molar-refractivity contribution is -0.131. The number of nitrogen functional groups attached to an aromatic ring is 1. The monoisotopic (exact) mass is 337 g/mol. The predicted molar refractivity (Wildman–Crippen MR) is 79.9 cm³/mol. The smallest absolute Gasteiger partial charge is 0.328 e. The van der Waals surface area contributed by atoms with Crippen molar-refractivity contribution in [2.24, 2.45) is 0 Å². The number of aliphatic hydroxyl groups is 2. The first-order valence-corrected chi connectivity index (χ1v) is 6.98. The van der Waals surface area contributed by atoms with Crippen molar-refractivity contribution in [3.8, 4) is 0 Å². The van der Waals surface area contributed by atoms with E-state index in [9.17, 15) is 19.8 Å². The fraction of sp³-hybridized carbons (Fsp3) is 0.385. The van der Waals surface area contributed by atoms with Gasteiger partial charge in [-0.2, -0.15) is 4.98 Å². The highest BCUT2D eigenvalue weighted by Crippen LogP contribution is 2.38. The second kappa shape index (κ2) is 5.70. The van der Waals surface area contributed by atoms with Gasteiger partial charge in [-0.25, -0.2) is 9.78 Å². The number of nitrogens with one attached hydrogen (secondary N) is 1. The van der Waals surface area contributed by atoms with Gasteiger partial charge in [0.25, 0.3) is 5.56 Å². The molecule has 6 N–H and O–H groups in total. The van der Waals surface area contributed by atoms with Crippen molar-refractivity contribution in [1.29, 1.82) is 0 Å². The molecule has 11 nitrogen and oxygen atoms in total. The summed E-state index contributed by atoms with van der Waals surface area (Å²) in [6.45, 7) is -0.466. The van der Waals surface area contributed by atoms with Crippen LogP contribution < -0.4 is 11.3 Å². The maximum Gasteiger partial charge on any atom is 0.328 e. The van der Waals surface area contributed by atoms with Gasteiger partial charge in [0.2, 0.25) is 5.95 Å². The number of aromatic nitrogens is 4. The van der Waals surface area contributed by atoms with Crippen LogP contribution in [0, 0.1) is 0 Å². The quantitative estimate of drug-likeness (QED) is 0.400. The van der Waals surface area contributed by atoms with Crippen molar-refractivity contribution in [3.63, 3.8) is 0 Å². The largest absolute Gasteiger partial charge is 0.478 e. The van der Waals surface area contributed by atoms with Crippen LogP contribution in [0.15, 0.2) is 23.3 Å². The number of hydrogen-bond donors (Lipinski definition) is 5. The van der Waals surface area contributed by atoms with Gasteiger partial charge in [0.05, 0.1) is 19.0 Å². The molecule has 0 spiro atoms. The molecule has 3 atom stereocenters. The Morgan fingerprint density at radius 1 is 1.62 bits per heavy atom. The number of anilines is 1. The first-order valence-electron chi connectivity index (χ1n) is 6.98. The summed E-state index contributed by atoms with van der Waals surface area (Å²) < 4.78 is 6.98. The molecule has 0 aromatic carbocycles. The van der Waals surface area contributed by atoms with E-state index < -0.39 is 36.1 Å². The molecule has 1 aliphatic heterocycles. The first kappa shape index (κ1) is 16.1. The first-order chi connectivity index (χ1) is 11.4. The standard InChI is InChI=1S/C13H15N5O6/c14-12-16-10-9(11(23)17-12)15-5-18(10)13(2-1-8(21)22)3-6(20)7(4-19)24-13/h1-2,5-7,19-20H,3-4H2,(H,21,22)(H3,14,16,17,23)/t6-,7+,13+/m0/s1. The Morgan fingerprint density at radius 2 is 2.38 bits per heavy atom. The van der Waals surface area contributed by atoms with Crippen LogP contribution in [-0.2, 0) is 15.3 Å². The summed E-state index contributed by atoms with van der Waals surface area (Å²) in [5.74, 6) is -1.38. The highest BCUT2D eigenvalue weighted by Gasteiger charge is 2.46. The van der Waals surface area contributed by atoms with Crippen molar-refractivity contribution in [1.82, 2.24) is 19.5 Å². The van der Waals surface area contributed by atoms with E-state index in [1.165, 1.54) is 17.0 Å². The van der Waals surface area contributed by atoms with Gasteiger partial charge in [-0.05, 0) is 6.08 Å². The number of nitrogens with two attached hydrogens (primary N) is 1. The summed E-state index contributed by atoms with van der Waals surface area (Å²) in [6.07, 6.45) is 1.24. The topological polar surface area (TPSA) is 177 Å². The minimum absolute atomic E-state index is 0.0159. The Kier molecular flexibility index (Phi) is 3.83. The second-order valence-corrected chi connectivity index (χ2v) is 5.36. The lowest BCUT2D eigenvalue weighted by Crippen LogP contribution is -2.32. The van der Waals surface area contributed by atoms with E-state index in [2.05, 4.69) is 15.0 Å². The van der Waals surface area contributed by atoms with Crippen LogP contribution >= 0.6 is 0 Å². The van der Waals surface area contributed by atoms with Gasteiger partial charge in [0.1, 0.15) is 6.10 Å². The van der Waals surface area contributed by atoms with Gasteiger partial charge in [0, 0.05) is 12.5 Å². The summed E-state index contributed by atoms with van der Waals surface area (Å²) in [7, 11) is 0. The lowest BCUT2D eigenvalue weighted by Gasteiger charge is -2.27. The number of carboxylic acids is 1. The second-order valence-electron chi connectivity index (χ2n) is 5.36. The number of nitrogens with zero attached hydrogens (tertiary/aromatic N) is 3. The predicted octanol–water partition coefficient (Wildman–Crippen LogP) is -1.86. The Hall–Kier alpha value is -2.76. The van der Waals surface area contributed by atoms with Gasteiger partial charge in [-0.3, -0.25) is 14.3 Å². The molecule has 128 valence electrons. The number of rotatable bonds is 4. The summed E-state index contributed by atoms with van der Waals surface area (Å²) in [6, 6.07) is 0. The van der Waals surface area contributed by atoms with E-state index in [-0.39, 0.29) is 23.5 Å². The minimum atomic E-state index is -1.48. The number of H-pyrrole nitrogens is 1.